The molecule has 3 heteroatoms. The van der Waals surface area contributed by atoms with E-state index in [1.807, 2.05) is 0 Å². The summed E-state index contributed by atoms with van der Waals surface area (Å²) in [7, 11) is 0. The SMILES string of the molecule is CC1CSC2(CCc3cc(Br)ccc32)S1. The molecule has 2 unspecified atom stereocenters. The van der Waals surface area contributed by atoms with Gasteiger partial charge in [0.2, 0.25) is 0 Å². The second kappa shape index (κ2) is 3.71. The minimum absolute atomic E-state index is 0.398. The van der Waals surface area contributed by atoms with Crippen molar-refractivity contribution < 1.29 is 0 Å². The molecule has 1 spiro atoms. The molecule has 15 heavy (non-hydrogen) atoms. The Kier molecular flexibility index (Phi) is 2.61. The van der Waals surface area contributed by atoms with Crippen molar-refractivity contribution in [2.75, 3.05) is 5.75 Å². The van der Waals surface area contributed by atoms with E-state index in [2.05, 4.69) is 64.6 Å². The molecule has 80 valence electrons. The van der Waals surface area contributed by atoms with Gasteiger partial charge < -0.3 is 0 Å². The summed E-state index contributed by atoms with van der Waals surface area (Å²) in [6.45, 7) is 2.35. The largest absolute Gasteiger partial charge is 0.138 e. The van der Waals surface area contributed by atoms with Crippen molar-refractivity contribution in [1.29, 1.82) is 0 Å². The lowest BCUT2D eigenvalue weighted by Gasteiger charge is -2.22. The molecule has 0 saturated carbocycles. The first-order valence-corrected chi connectivity index (χ1v) is 7.96. The molecule has 1 fully saturated rings. The molecular formula is C12H13BrS2. The number of benzene rings is 1. The fraction of sp³-hybridized carbons (Fsp3) is 0.500. The summed E-state index contributed by atoms with van der Waals surface area (Å²) in [6.07, 6.45) is 2.57. The van der Waals surface area contributed by atoms with Crippen molar-refractivity contribution >= 4 is 39.5 Å². The fourth-order valence-electron chi connectivity index (χ4n) is 2.49. The molecule has 0 bridgehead atoms. The van der Waals surface area contributed by atoms with Gasteiger partial charge in [-0.2, -0.15) is 0 Å². The maximum Gasteiger partial charge on any atom is 0.0869 e. The van der Waals surface area contributed by atoms with E-state index in [1.54, 1.807) is 11.1 Å². The van der Waals surface area contributed by atoms with Crippen LogP contribution in [0.3, 0.4) is 0 Å². The number of fused-ring (bicyclic) bond motifs is 2. The van der Waals surface area contributed by atoms with E-state index in [0.29, 0.717) is 4.08 Å². The molecule has 1 heterocycles. The molecule has 1 saturated heterocycles. The number of thioether (sulfide) groups is 2. The second-order valence-electron chi connectivity index (χ2n) is 4.29. The van der Waals surface area contributed by atoms with Crippen LogP contribution in [0.1, 0.15) is 24.5 Å². The Bertz CT molecular complexity index is 405. The van der Waals surface area contributed by atoms with Crippen LogP contribution in [0, 0.1) is 0 Å². The molecule has 2 aliphatic rings. The minimum atomic E-state index is 0.398. The van der Waals surface area contributed by atoms with Crippen molar-refractivity contribution in [3.8, 4) is 0 Å². The molecule has 0 amide bonds. The van der Waals surface area contributed by atoms with Gasteiger partial charge in [-0.1, -0.05) is 28.9 Å². The molecule has 1 aromatic rings. The highest BCUT2D eigenvalue weighted by atomic mass is 79.9. The van der Waals surface area contributed by atoms with E-state index < -0.39 is 0 Å². The Morgan fingerprint density at radius 1 is 1.47 bits per heavy atom. The summed E-state index contributed by atoms with van der Waals surface area (Å²) in [5, 5.41) is 0.810. The molecule has 0 N–H and O–H groups in total. The summed E-state index contributed by atoms with van der Waals surface area (Å²) in [6, 6.07) is 6.81. The maximum absolute atomic E-state index is 3.56. The quantitative estimate of drug-likeness (QED) is 0.696. The zero-order valence-corrected chi connectivity index (χ0v) is 11.8. The lowest BCUT2D eigenvalue weighted by atomic mass is 10.1. The first kappa shape index (κ1) is 10.5. The van der Waals surface area contributed by atoms with Crippen LogP contribution < -0.4 is 0 Å². The van der Waals surface area contributed by atoms with E-state index in [-0.39, 0.29) is 0 Å². The fourth-order valence-corrected chi connectivity index (χ4v) is 6.65. The van der Waals surface area contributed by atoms with Crippen molar-refractivity contribution in [1.82, 2.24) is 0 Å². The van der Waals surface area contributed by atoms with Crippen molar-refractivity contribution in [3.63, 3.8) is 0 Å². The monoisotopic (exact) mass is 300 g/mol. The van der Waals surface area contributed by atoms with Crippen LogP contribution in [0.15, 0.2) is 22.7 Å². The van der Waals surface area contributed by atoms with Crippen molar-refractivity contribution in [2.45, 2.75) is 29.1 Å². The number of halogens is 1. The Morgan fingerprint density at radius 2 is 2.33 bits per heavy atom. The minimum Gasteiger partial charge on any atom is -0.138 e. The normalized spacial score (nSPS) is 33.6. The Labute approximate surface area is 108 Å². The van der Waals surface area contributed by atoms with Crippen LogP contribution in [0.25, 0.3) is 0 Å². The van der Waals surface area contributed by atoms with Gasteiger partial charge in [-0.05, 0) is 36.1 Å². The summed E-state index contributed by atoms with van der Waals surface area (Å²) in [5.74, 6) is 1.31. The van der Waals surface area contributed by atoms with Gasteiger partial charge >= 0.3 is 0 Å². The molecule has 1 aliphatic heterocycles. The lowest BCUT2D eigenvalue weighted by Crippen LogP contribution is -2.09. The van der Waals surface area contributed by atoms with Crippen LogP contribution in [0.2, 0.25) is 0 Å². The van der Waals surface area contributed by atoms with Gasteiger partial charge in [0.25, 0.3) is 0 Å². The molecule has 1 aromatic carbocycles. The predicted octanol–water partition coefficient (Wildman–Crippen LogP) is 4.42. The zero-order chi connectivity index (χ0) is 10.5. The van der Waals surface area contributed by atoms with Gasteiger partial charge in [0.1, 0.15) is 0 Å². The molecule has 0 aromatic heterocycles. The number of rotatable bonds is 0. The van der Waals surface area contributed by atoms with Crippen LogP contribution in [0.4, 0.5) is 0 Å². The van der Waals surface area contributed by atoms with Crippen LogP contribution in [0.5, 0.6) is 0 Å². The summed E-state index contributed by atoms with van der Waals surface area (Å²) in [4.78, 5) is 0. The highest BCUT2D eigenvalue weighted by molar-refractivity contribution is 9.10. The summed E-state index contributed by atoms with van der Waals surface area (Å²) in [5.41, 5.74) is 3.14. The highest BCUT2D eigenvalue weighted by Crippen LogP contribution is 2.61. The van der Waals surface area contributed by atoms with Crippen molar-refractivity contribution in [3.05, 3.63) is 33.8 Å². The standard InChI is InChI=1S/C12H13BrS2/c1-8-7-14-12(15-8)5-4-9-6-10(13)2-3-11(9)12/h2-3,6,8H,4-5,7H2,1H3. The van der Waals surface area contributed by atoms with Crippen molar-refractivity contribution in [2.24, 2.45) is 0 Å². The third-order valence-electron chi connectivity index (χ3n) is 3.14. The third-order valence-corrected chi connectivity index (χ3v) is 7.42. The first-order chi connectivity index (χ1) is 7.20. The van der Waals surface area contributed by atoms with E-state index in [9.17, 15) is 0 Å². The van der Waals surface area contributed by atoms with Gasteiger partial charge in [0, 0.05) is 15.5 Å². The Hall–Kier alpha value is 0.400. The molecule has 0 radical (unpaired) electrons. The van der Waals surface area contributed by atoms with Crippen LogP contribution in [-0.4, -0.2) is 11.0 Å². The molecule has 2 atom stereocenters. The average molecular weight is 301 g/mol. The maximum atomic E-state index is 3.56. The van der Waals surface area contributed by atoms with Crippen LogP contribution >= 0.6 is 39.5 Å². The molecule has 1 aliphatic carbocycles. The number of hydrogen-bond acceptors (Lipinski definition) is 2. The van der Waals surface area contributed by atoms with Gasteiger partial charge in [-0.3, -0.25) is 0 Å². The zero-order valence-electron chi connectivity index (χ0n) is 8.63. The lowest BCUT2D eigenvalue weighted by molar-refractivity contribution is 0.843. The van der Waals surface area contributed by atoms with Gasteiger partial charge in [-0.15, -0.1) is 23.5 Å². The van der Waals surface area contributed by atoms with E-state index >= 15 is 0 Å². The average Bonchev–Trinajstić information content (AvgIpc) is 2.73. The van der Waals surface area contributed by atoms with E-state index in [0.717, 1.165) is 5.25 Å². The summed E-state index contributed by atoms with van der Waals surface area (Å²) < 4.78 is 1.62. The van der Waals surface area contributed by atoms with Gasteiger partial charge in [0.15, 0.2) is 0 Å². The topological polar surface area (TPSA) is 0 Å². The Balaban J connectivity index is 2.04. The highest BCUT2D eigenvalue weighted by Gasteiger charge is 2.44. The molecule has 0 nitrogen and oxygen atoms in total. The second-order valence-corrected chi connectivity index (χ2v) is 8.52. The Morgan fingerprint density at radius 3 is 3.07 bits per heavy atom. The molecule has 3 rings (SSSR count). The van der Waals surface area contributed by atoms with Gasteiger partial charge in [0.05, 0.1) is 4.08 Å². The van der Waals surface area contributed by atoms with Crippen LogP contribution in [-0.2, 0) is 10.5 Å². The first-order valence-electron chi connectivity index (χ1n) is 5.30. The predicted molar refractivity (Wildman–Crippen MR) is 73.7 cm³/mol. The number of hydrogen-bond donors (Lipinski definition) is 0. The van der Waals surface area contributed by atoms with E-state index in [4.69, 9.17) is 0 Å². The van der Waals surface area contributed by atoms with E-state index in [1.165, 1.54) is 23.1 Å². The molecular weight excluding hydrogens is 288 g/mol. The summed E-state index contributed by atoms with van der Waals surface area (Å²) >= 11 is 7.89. The third kappa shape index (κ3) is 1.67. The van der Waals surface area contributed by atoms with Gasteiger partial charge in [-0.25, -0.2) is 0 Å². The smallest absolute Gasteiger partial charge is 0.0869 e. The number of aryl methyl sites for hydroxylation is 1.